The monoisotopic (exact) mass is 238 g/mol. The van der Waals surface area contributed by atoms with Crippen molar-refractivity contribution in [3.05, 3.63) is 23.5 Å². The van der Waals surface area contributed by atoms with Crippen LogP contribution in [0.2, 0.25) is 0 Å². The number of aromatic amines is 1. The number of carbonyl (C=O) groups excluding carboxylic acids is 1. The lowest BCUT2D eigenvalue weighted by Crippen LogP contribution is -2.03. The lowest BCUT2D eigenvalue weighted by atomic mass is 10.1. The van der Waals surface area contributed by atoms with E-state index in [1.165, 1.54) is 26.4 Å². The van der Waals surface area contributed by atoms with Crippen molar-refractivity contribution in [3.63, 3.8) is 0 Å². The van der Waals surface area contributed by atoms with Crippen molar-refractivity contribution in [2.75, 3.05) is 20.0 Å². The molecule has 0 fully saturated rings. The van der Waals surface area contributed by atoms with Gasteiger partial charge in [0.25, 0.3) is 0 Å². The largest absolute Gasteiger partial charge is 0.497 e. The number of benzene rings is 1. The average Bonchev–Trinajstić information content (AvgIpc) is 2.65. The number of anilines is 1. The molecule has 6 heteroatoms. The van der Waals surface area contributed by atoms with Gasteiger partial charge in [-0.15, -0.1) is 0 Å². The van der Waals surface area contributed by atoms with E-state index in [9.17, 15) is 9.18 Å². The van der Waals surface area contributed by atoms with Gasteiger partial charge in [-0.25, -0.2) is 9.18 Å². The van der Waals surface area contributed by atoms with Gasteiger partial charge in [0.1, 0.15) is 17.1 Å². The number of hydrogen-bond acceptors (Lipinski definition) is 4. The maximum Gasteiger partial charge on any atom is 0.342 e. The van der Waals surface area contributed by atoms with Crippen LogP contribution in [0.15, 0.2) is 12.1 Å². The normalized spacial score (nSPS) is 10.5. The van der Waals surface area contributed by atoms with Gasteiger partial charge in [0, 0.05) is 11.5 Å². The summed E-state index contributed by atoms with van der Waals surface area (Å²) >= 11 is 0. The maximum absolute atomic E-state index is 13.7. The fourth-order valence-electron chi connectivity index (χ4n) is 1.69. The molecule has 5 nitrogen and oxygen atoms in total. The smallest absolute Gasteiger partial charge is 0.342 e. The van der Waals surface area contributed by atoms with E-state index in [1.807, 2.05) is 0 Å². The molecule has 1 aromatic carbocycles. The molecule has 0 spiro atoms. The van der Waals surface area contributed by atoms with Gasteiger partial charge in [-0.2, -0.15) is 0 Å². The second kappa shape index (κ2) is 3.97. The number of carbonyl (C=O) groups is 1. The summed E-state index contributed by atoms with van der Waals surface area (Å²) in [5.41, 5.74) is 5.89. The van der Waals surface area contributed by atoms with Crippen molar-refractivity contribution in [3.8, 4) is 5.75 Å². The SMILES string of the molecule is COC(=O)c1c(N)[nH]c2c(F)cc(OC)cc12. The van der Waals surface area contributed by atoms with Crippen LogP contribution in [-0.2, 0) is 4.74 Å². The summed E-state index contributed by atoms with van der Waals surface area (Å²) in [7, 11) is 2.64. The third-order valence-corrected chi connectivity index (χ3v) is 2.49. The average molecular weight is 238 g/mol. The van der Waals surface area contributed by atoms with Gasteiger partial charge in [0.2, 0.25) is 0 Å². The molecule has 0 saturated carbocycles. The first-order valence-electron chi connectivity index (χ1n) is 4.81. The molecular formula is C11H11FN2O3. The molecule has 0 bridgehead atoms. The van der Waals surface area contributed by atoms with Crippen molar-refractivity contribution in [1.82, 2.24) is 4.98 Å². The van der Waals surface area contributed by atoms with E-state index >= 15 is 0 Å². The van der Waals surface area contributed by atoms with Crippen LogP contribution >= 0.6 is 0 Å². The van der Waals surface area contributed by atoms with Gasteiger partial charge < -0.3 is 20.2 Å². The molecule has 2 aromatic rings. The molecule has 2 rings (SSSR count). The van der Waals surface area contributed by atoms with E-state index in [0.29, 0.717) is 11.1 Å². The highest BCUT2D eigenvalue weighted by Gasteiger charge is 2.20. The number of esters is 1. The Labute approximate surface area is 96.3 Å². The van der Waals surface area contributed by atoms with E-state index in [1.54, 1.807) is 0 Å². The number of aromatic nitrogens is 1. The number of nitrogens with one attached hydrogen (secondary N) is 1. The van der Waals surface area contributed by atoms with Gasteiger partial charge in [0.15, 0.2) is 5.82 Å². The Bertz CT molecular complexity index is 592. The van der Waals surface area contributed by atoms with Crippen LogP contribution in [0.1, 0.15) is 10.4 Å². The zero-order valence-corrected chi connectivity index (χ0v) is 9.33. The predicted molar refractivity (Wildman–Crippen MR) is 60.6 cm³/mol. The zero-order chi connectivity index (χ0) is 12.6. The second-order valence-electron chi connectivity index (χ2n) is 3.44. The Morgan fingerprint density at radius 2 is 2.12 bits per heavy atom. The summed E-state index contributed by atoms with van der Waals surface area (Å²) in [6.45, 7) is 0. The molecule has 3 N–H and O–H groups in total. The van der Waals surface area contributed by atoms with E-state index in [4.69, 9.17) is 10.5 Å². The zero-order valence-electron chi connectivity index (χ0n) is 9.33. The summed E-state index contributed by atoms with van der Waals surface area (Å²) in [5.74, 6) is -0.791. The van der Waals surface area contributed by atoms with Crippen molar-refractivity contribution in [2.24, 2.45) is 0 Å². The van der Waals surface area contributed by atoms with E-state index < -0.39 is 11.8 Å². The number of H-pyrrole nitrogens is 1. The first-order valence-corrected chi connectivity index (χ1v) is 4.81. The van der Waals surface area contributed by atoms with Crippen molar-refractivity contribution in [1.29, 1.82) is 0 Å². The topological polar surface area (TPSA) is 77.3 Å². The quantitative estimate of drug-likeness (QED) is 0.780. The fraction of sp³-hybridized carbons (Fsp3) is 0.182. The van der Waals surface area contributed by atoms with Crippen LogP contribution in [0.3, 0.4) is 0 Å². The number of hydrogen-bond donors (Lipinski definition) is 2. The van der Waals surface area contributed by atoms with Gasteiger partial charge in [-0.1, -0.05) is 0 Å². The van der Waals surface area contributed by atoms with Gasteiger partial charge >= 0.3 is 5.97 Å². The van der Waals surface area contributed by atoms with Crippen LogP contribution in [-0.4, -0.2) is 25.2 Å². The number of methoxy groups -OCH3 is 2. The van der Waals surface area contributed by atoms with Crippen LogP contribution < -0.4 is 10.5 Å². The van der Waals surface area contributed by atoms with Gasteiger partial charge in [-0.05, 0) is 6.07 Å². The Morgan fingerprint density at radius 3 is 2.71 bits per heavy atom. The lowest BCUT2D eigenvalue weighted by Gasteiger charge is -2.02. The van der Waals surface area contributed by atoms with Crippen LogP contribution in [0.4, 0.5) is 10.2 Å². The van der Waals surface area contributed by atoms with Crippen LogP contribution in [0.5, 0.6) is 5.75 Å². The minimum atomic E-state index is -0.624. The van der Waals surface area contributed by atoms with Crippen LogP contribution in [0, 0.1) is 5.82 Å². The lowest BCUT2D eigenvalue weighted by molar-refractivity contribution is 0.0604. The molecule has 90 valence electrons. The third kappa shape index (κ3) is 1.67. The van der Waals surface area contributed by atoms with E-state index in [0.717, 1.165) is 0 Å². The van der Waals surface area contributed by atoms with Crippen molar-refractivity contribution < 1.29 is 18.7 Å². The molecule has 0 atom stereocenters. The second-order valence-corrected chi connectivity index (χ2v) is 3.44. The van der Waals surface area contributed by atoms with E-state index in [-0.39, 0.29) is 16.9 Å². The standard InChI is InChI=1S/C11H11FN2O3/c1-16-5-3-6-8(11(15)17-2)10(13)14-9(6)7(12)4-5/h3-4,14H,13H2,1-2H3. The van der Waals surface area contributed by atoms with Crippen molar-refractivity contribution >= 4 is 22.7 Å². The molecule has 1 heterocycles. The number of nitrogen functional groups attached to an aromatic ring is 1. The minimum absolute atomic E-state index is 0.0685. The Kier molecular flexibility index (Phi) is 2.63. The number of halogens is 1. The summed E-state index contributed by atoms with van der Waals surface area (Å²) in [6.07, 6.45) is 0. The molecule has 0 radical (unpaired) electrons. The molecule has 0 aliphatic rings. The molecule has 0 aliphatic heterocycles. The highest BCUT2D eigenvalue weighted by Crippen LogP contribution is 2.30. The summed E-state index contributed by atoms with van der Waals surface area (Å²) in [6, 6.07) is 2.73. The van der Waals surface area contributed by atoms with Crippen LogP contribution in [0.25, 0.3) is 10.9 Å². The molecule has 0 saturated heterocycles. The Balaban J connectivity index is 2.79. The Hall–Kier alpha value is -2.24. The third-order valence-electron chi connectivity index (χ3n) is 2.49. The maximum atomic E-state index is 13.7. The highest BCUT2D eigenvalue weighted by atomic mass is 19.1. The predicted octanol–water partition coefficient (Wildman–Crippen LogP) is 1.68. The summed E-state index contributed by atoms with van der Waals surface area (Å²) < 4.78 is 23.2. The molecule has 1 aromatic heterocycles. The summed E-state index contributed by atoms with van der Waals surface area (Å²) in [5, 5.41) is 0.339. The molecule has 0 aliphatic carbocycles. The number of rotatable bonds is 2. The van der Waals surface area contributed by atoms with Gasteiger partial charge in [0.05, 0.1) is 19.7 Å². The fourth-order valence-corrected chi connectivity index (χ4v) is 1.69. The molecule has 0 amide bonds. The van der Waals surface area contributed by atoms with E-state index in [2.05, 4.69) is 9.72 Å². The minimum Gasteiger partial charge on any atom is -0.497 e. The first kappa shape index (κ1) is 11.3. The molecular weight excluding hydrogens is 227 g/mol. The summed E-state index contributed by atoms with van der Waals surface area (Å²) in [4.78, 5) is 14.1. The molecule has 17 heavy (non-hydrogen) atoms. The number of nitrogens with two attached hydrogens (primary N) is 1. The highest BCUT2D eigenvalue weighted by molar-refractivity contribution is 6.09. The Morgan fingerprint density at radius 1 is 1.41 bits per heavy atom. The number of fused-ring (bicyclic) bond motifs is 1. The number of ether oxygens (including phenoxy) is 2. The van der Waals surface area contributed by atoms with Gasteiger partial charge in [-0.3, -0.25) is 0 Å². The molecule has 0 unspecified atom stereocenters. The first-order chi connectivity index (χ1) is 8.08. The van der Waals surface area contributed by atoms with Crippen molar-refractivity contribution in [2.45, 2.75) is 0 Å².